The summed E-state index contributed by atoms with van der Waals surface area (Å²) in [7, 11) is 0. The molecule has 0 radical (unpaired) electrons. The van der Waals surface area contributed by atoms with Gasteiger partial charge in [-0.15, -0.1) is 0 Å². The van der Waals surface area contributed by atoms with Gasteiger partial charge in [-0.25, -0.2) is 4.98 Å². The molecule has 2 aliphatic carbocycles. The first kappa shape index (κ1) is 19.6. The Hall–Kier alpha value is -3.39. The number of nitrogens with zero attached hydrogens (tertiary/aromatic N) is 3. The van der Waals surface area contributed by atoms with Crippen molar-refractivity contribution in [1.29, 1.82) is 5.26 Å². The summed E-state index contributed by atoms with van der Waals surface area (Å²) in [5.41, 5.74) is 5.13. The normalized spacial score (nSPS) is 21.4. The maximum Gasteiger partial charge on any atom is 0.223 e. The van der Waals surface area contributed by atoms with Crippen molar-refractivity contribution >= 4 is 5.91 Å². The van der Waals surface area contributed by atoms with Gasteiger partial charge >= 0.3 is 0 Å². The monoisotopic (exact) mass is 410 g/mol. The molecule has 5 heteroatoms. The van der Waals surface area contributed by atoms with Crippen LogP contribution >= 0.6 is 0 Å². The van der Waals surface area contributed by atoms with Gasteiger partial charge in [0.2, 0.25) is 5.91 Å². The molecule has 5 nitrogen and oxygen atoms in total. The standard InChI is InChI=1S/C26H26N4O/c1-26(12-13-26)29-25(31)22-10-11-23(14-22)30-17-28-16-24(30)21-8-6-20(7-9-21)19-4-2-18(15-27)3-5-19/h2-9,16-17,22-23H,10-14H2,1H3,(H,29,31)/t22-,23+/m0/s1. The summed E-state index contributed by atoms with van der Waals surface area (Å²) in [5, 5.41) is 12.2. The Morgan fingerprint density at radius 3 is 2.35 bits per heavy atom. The topological polar surface area (TPSA) is 70.7 Å². The first-order valence-electron chi connectivity index (χ1n) is 11.0. The first-order valence-corrected chi connectivity index (χ1v) is 11.0. The smallest absolute Gasteiger partial charge is 0.223 e. The fourth-order valence-corrected chi connectivity index (χ4v) is 4.55. The highest BCUT2D eigenvalue weighted by atomic mass is 16.2. The summed E-state index contributed by atoms with van der Waals surface area (Å²) in [4.78, 5) is 17.0. The molecule has 156 valence electrons. The molecule has 0 bridgehead atoms. The van der Waals surface area contributed by atoms with Crippen LogP contribution in [0.2, 0.25) is 0 Å². The molecule has 2 aliphatic rings. The van der Waals surface area contributed by atoms with Crippen molar-refractivity contribution in [3.63, 3.8) is 0 Å². The van der Waals surface area contributed by atoms with E-state index in [1.807, 2.05) is 36.8 Å². The lowest BCUT2D eigenvalue weighted by molar-refractivity contribution is -0.125. The molecule has 5 rings (SSSR count). The van der Waals surface area contributed by atoms with Gasteiger partial charge in [0.25, 0.3) is 0 Å². The largest absolute Gasteiger partial charge is 0.351 e. The van der Waals surface area contributed by atoms with Crippen LogP contribution in [0.25, 0.3) is 22.4 Å². The minimum atomic E-state index is 0.0476. The summed E-state index contributed by atoms with van der Waals surface area (Å²) in [6, 6.07) is 18.5. The van der Waals surface area contributed by atoms with Gasteiger partial charge in [-0.05, 0) is 67.9 Å². The second-order valence-corrected chi connectivity index (χ2v) is 9.17. The molecule has 0 saturated heterocycles. The Kier molecular flexibility index (Phi) is 4.86. The zero-order valence-electron chi connectivity index (χ0n) is 17.7. The SMILES string of the molecule is CC1(NC(=O)[C@H]2CC[C@@H](n3cncc3-c3ccc(-c4ccc(C#N)cc4)cc3)C2)CC1. The second kappa shape index (κ2) is 7.70. The highest BCUT2D eigenvalue weighted by Crippen LogP contribution is 2.40. The number of imidazole rings is 1. The molecule has 2 atom stereocenters. The minimum absolute atomic E-state index is 0.0476. The van der Waals surface area contributed by atoms with Crippen molar-refractivity contribution in [2.75, 3.05) is 0 Å². The number of carbonyl (C=O) groups is 1. The highest BCUT2D eigenvalue weighted by Gasteiger charge is 2.41. The Bertz CT molecular complexity index is 1130. The Morgan fingerprint density at radius 2 is 1.71 bits per heavy atom. The van der Waals surface area contributed by atoms with Gasteiger partial charge < -0.3 is 9.88 Å². The third-order valence-corrected chi connectivity index (χ3v) is 6.79. The van der Waals surface area contributed by atoms with Crippen LogP contribution in [0.15, 0.2) is 61.1 Å². The van der Waals surface area contributed by atoms with Crippen LogP contribution in [0.4, 0.5) is 0 Å². The molecule has 2 saturated carbocycles. The average molecular weight is 411 g/mol. The fraction of sp³-hybridized carbons (Fsp3) is 0.346. The third kappa shape index (κ3) is 3.98. The molecule has 3 aromatic rings. The first-order chi connectivity index (χ1) is 15.0. The van der Waals surface area contributed by atoms with E-state index in [4.69, 9.17) is 5.26 Å². The molecular weight excluding hydrogens is 384 g/mol. The van der Waals surface area contributed by atoms with Crippen molar-refractivity contribution in [2.45, 2.75) is 50.6 Å². The predicted molar refractivity (Wildman–Crippen MR) is 120 cm³/mol. The zero-order chi connectivity index (χ0) is 21.4. The second-order valence-electron chi connectivity index (χ2n) is 9.17. The van der Waals surface area contributed by atoms with E-state index in [0.717, 1.165) is 54.5 Å². The van der Waals surface area contributed by atoms with Gasteiger partial charge in [-0.3, -0.25) is 4.79 Å². The van der Waals surface area contributed by atoms with Crippen LogP contribution in [-0.4, -0.2) is 21.0 Å². The number of benzene rings is 2. The molecule has 1 N–H and O–H groups in total. The van der Waals surface area contributed by atoms with Gasteiger partial charge in [0.05, 0.1) is 29.9 Å². The Labute approximate surface area is 182 Å². The third-order valence-electron chi connectivity index (χ3n) is 6.79. The molecule has 1 aromatic heterocycles. The maximum atomic E-state index is 12.6. The summed E-state index contributed by atoms with van der Waals surface area (Å²) in [5.74, 6) is 0.312. The van der Waals surface area contributed by atoms with Crippen LogP contribution in [0, 0.1) is 17.2 Å². The van der Waals surface area contributed by atoms with E-state index in [0.29, 0.717) is 11.6 Å². The van der Waals surface area contributed by atoms with Gasteiger partial charge in [0, 0.05) is 17.5 Å². The summed E-state index contributed by atoms with van der Waals surface area (Å²) in [6.45, 7) is 2.13. The number of nitriles is 1. The van der Waals surface area contributed by atoms with Crippen molar-refractivity contribution in [1.82, 2.24) is 14.9 Å². The zero-order valence-corrected chi connectivity index (χ0v) is 17.7. The van der Waals surface area contributed by atoms with Gasteiger partial charge in [0.1, 0.15) is 0 Å². The lowest BCUT2D eigenvalue weighted by Gasteiger charge is -2.18. The molecule has 0 unspecified atom stereocenters. The predicted octanol–water partition coefficient (Wildman–Crippen LogP) is 5.10. The number of hydrogen-bond donors (Lipinski definition) is 1. The lowest BCUT2D eigenvalue weighted by Crippen LogP contribution is -2.38. The fourth-order valence-electron chi connectivity index (χ4n) is 4.55. The molecule has 31 heavy (non-hydrogen) atoms. The van der Waals surface area contributed by atoms with Crippen molar-refractivity contribution < 1.29 is 4.79 Å². The number of nitrogens with one attached hydrogen (secondary N) is 1. The van der Waals surface area contributed by atoms with E-state index in [1.54, 1.807) is 0 Å². The summed E-state index contributed by atoms with van der Waals surface area (Å²) < 4.78 is 2.24. The van der Waals surface area contributed by atoms with E-state index in [-0.39, 0.29) is 17.4 Å². The molecule has 2 aromatic carbocycles. The van der Waals surface area contributed by atoms with E-state index in [2.05, 4.69) is 52.1 Å². The van der Waals surface area contributed by atoms with Crippen molar-refractivity contribution in [3.8, 4) is 28.5 Å². The van der Waals surface area contributed by atoms with E-state index in [1.165, 1.54) is 0 Å². The average Bonchev–Trinajstić information content (AvgIpc) is 3.19. The number of aromatic nitrogens is 2. The van der Waals surface area contributed by atoms with Crippen LogP contribution < -0.4 is 5.32 Å². The van der Waals surface area contributed by atoms with Crippen LogP contribution in [0.5, 0.6) is 0 Å². The van der Waals surface area contributed by atoms with E-state index >= 15 is 0 Å². The van der Waals surface area contributed by atoms with Gasteiger partial charge in [-0.2, -0.15) is 5.26 Å². The quantitative estimate of drug-likeness (QED) is 0.636. The van der Waals surface area contributed by atoms with Crippen molar-refractivity contribution in [3.05, 3.63) is 66.6 Å². The van der Waals surface area contributed by atoms with Crippen LogP contribution in [0.3, 0.4) is 0 Å². The molecule has 2 fully saturated rings. The van der Waals surface area contributed by atoms with Crippen molar-refractivity contribution in [2.24, 2.45) is 5.92 Å². The van der Waals surface area contributed by atoms with E-state index < -0.39 is 0 Å². The highest BCUT2D eigenvalue weighted by molar-refractivity contribution is 5.80. The van der Waals surface area contributed by atoms with Gasteiger partial charge in [-0.1, -0.05) is 36.4 Å². The minimum Gasteiger partial charge on any atom is -0.351 e. The van der Waals surface area contributed by atoms with Crippen LogP contribution in [0.1, 0.15) is 50.6 Å². The Morgan fingerprint density at radius 1 is 1.06 bits per heavy atom. The molecule has 0 spiro atoms. The number of amides is 1. The molecule has 1 heterocycles. The summed E-state index contributed by atoms with van der Waals surface area (Å²) in [6.07, 6.45) is 8.81. The van der Waals surface area contributed by atoms with Crippen LogP contribution in [-0.2, 0) is 4.79 Å². The lowest BCUT2D eigenvalue weighted by atomic mass is 10.0. The number of carbonyl (C=O) groups excluding carboxylic acids is 1. The molecule has 0 aliphatic heterocycles. The van der Waals surface area contributed by atoms with Gasteiger partial charge in [0.15, 0.2) is 0 Å². The van der Waals surface area contributed by atoms with E-state index in [9.17, 15) is 4.79 Å². The Balaban J connectivity index is 1.31. The molecule has 1 amide bonds. The number of hydrogen-bond acceptors (Lipinski definition) is 3. The molecular formula is C26H26N4O. The maximum absolute atomic E-state index is 12.6. The number of rotatable bonds is 5. The summed E-state index contributed by atoms with van der Waals surface area (Å²) >= 11 is 0.